The highest BCUT2D eigenvalue weighted by Crippen LogP contribution is 2.22. The molecule has 1 heterocycles. The maximum absolute atomic E-state index is 5.85. The number of aryl methyl sites for hydroxylation is 1. The van der Waals surface area contributed by atoms with Crippen LogP contribution >= 0.6 is 11.6 Å². The molecule has 0 radical (unpaired) electrons. The Morgan fingerprint density at radius 1 is 1.28 bits per heavy atom. The molecule has 96 valence electrons. The molecule has 2 aromatic rings. The molecule has 0 spiro atoms. The lowest BCUT2D eigenvalue weighted by Crippen LogP contribution is -2.14. The van der Waals surface area contributed by atoms with E-state index in [1.54, 1.807) is 6.20 Å². The fourth-order valence-corrected chi connectivity index (χ4v) is 1.84. The number of benzene rings is 1. The minimum absolute atomic E-state index is 0.726. The van der Waals surface area contributed by atoms with Crippen molar-refractivity contribution in [3.63, 3.8) is 0 Å². The van der Waals surface area contributed by atoms with E-state index in [-0.39, 0.29) is 0 Å². The summed E-state index contributed by atoms with van der Waals surface area (Å²) in [5.41, 5.74) is 1.00. The Morgan fingerprint density at radius 2 is 2.06 bits per heavy atom. The van der Waals surface area contributed by atoms with Crippen LogP contribution in [0.1, 0.15) is 19.2 Å². The molecule has 18 heavy (non-hydrogen) atoms. The summed E-state index contributed by atoms with van der Waals surface area (Å²) in [5.74, 6) is 1.59. The van der Waals surface area contributed by atoms with E-state index in [0.717, 1.165) is 48.2 Å². The van der Waals surface area contributed by atoms with Crippen LogP contribution in [0, 0.1) is 0 Å². The van der Waals surface area contributed by atoms with Gasteiger partial charge in [-0.05, 0) is 43.8 Å². The molecule has 1 aromatic heterocycles. The van der Waals surface area contributed by atoms with Gasteiger partial charge in [-0.25, -0.2) is 4.98 Å². The van der Waals surface area contributed by atoms with Crippen LogP contribution in [0.3, 0.4) is 0 Å². The van der Waals surface area contributed by atoms with Crippen LogP contribution in [0.15, 0.2) is 34.9 Å². The van der Waals surface area contributed by atoms with Gasteiger partial charge in [0.05, 0.1) is 6.20 Å². The highest BCUT2D eigenvalue weighted by molar-refractivity contribution is 6.30. The van der Waals surface area contributed by atoms with Crippen molar-refractivity contribution in [1.82, 2.24) is 10.3 Å². The van der Waals surface area contributed by atoms with E-state index < -0.39 is 0 Å². The third kappa shape index (κ3) is 3.59. The van der Waals surface area contributed by atoms with Crippen LogP contribution in [-0.2, 0) is 6.42 Å². The smallest absolute Gasteiger partial charge is 0.194 e. The van der Waals surface area contributed by atoms with Crippen molar-refractivity contribution in [3.8, 4) is 11.3 Å². The summed E-state index contributed by atoms with van der Waals surface area (Å²) in [5, 5.41) is 4.01. The fourth-order valence-electron chi connectivity index (χ4n) is 1.71. The highest BCUT2D eigenvalue weighted by atomic mass is 35.5. The van der Waals surface area contributed by atoms with Gasteiger partial charge < -0.3 is 9.73 Å². The van der Waals surface area contributed by atoms with E-state index in [9.17, 15) is 0 Å². The van der Waals surface area contributed by atoms with Gasteiger partial charge in [0.1, 0.15) is 0 Å². The quantitative estimate of drug-likeness (QED) is 0.811. The molecule has 3 nitrogen and oxygen atoms in total. The summed E-state index contributed by atoms with van der Waals surface area (Å²) < 4.78 is 5.71. The molecule has 4 heteroatoms. The Bertz CT molecular complexity index is 479. The molecule has 0 aliphatic heterocycles. The topological polar surface area (TPSA) is 38.1 Å². The maximum atomic E-state index is 5.85. The monoisotopic (exact) mass is 264 g/mol. The molecular formula is C14H17ClN2O. The summed E-state index contributed by atoms with van der Waals surface area (Å²) in [7, 11) is 0. The molecule has 0 saturated carbocycles. The zero-order valence-corrected chi connectivity index (χ0v) is 11.2. The lowest BCUT2D eigenvalue weighted by Gasteiger charge is -1.99. The first kappa shape index (κ1) is 13.1. The second kappa shape index (κ2) is 6.57. The number of hydrogen-bond donors (Lipinski definition) is 1. The van der Waals surface area contributed by atoms with Crippen LogP contribution in [0.2, 0.25) is 5.02 Å². The third-order valence-electron chi connectivity index (χ3n) is 2.68. The number of rotatable bonds is 6. The van der Waals surface area contributed by atoms with E-state index in [0.29, 0.717) is 0 Å². The second-order valence-electron chi connectivity index (χ2n) is 4.08. The molecule has 0 atom stereocenters. The van der Waals surface area contributed by atoms with Gasteiger partial charge >= 0.3 is 0 Å². The first-order valence-electron chi connectivity index (χ1n) is 6.21. The minimum atomic E-state index is 0.726. The van der Waals surface area contributed by atoms with E-state index in [1.165, 1.54) is 0 Å². The molecule has 0 bridgehead atoms. The lowest BCUT2D eigenvalue weighted by atomic mass is 10.2. The largest absolute Gasteiger partial charge is 0.441 e. The van der Waals surface area contributed by atoms with E-state index in [2.05, 4.69) is 17.2 Å². The van der Waals surface area contributed by atoms with E-state index in [1.807, 2.05) is 24.3 Å². The van der Waals surface area contributed by atoms with Gasteiger partial charge in [0, 0.05) is 17.0 Å². The van der Waals surface area contributed by atoms with Gasteiger partial charge in [-0.2, -0.15) is 0 Å². The van der Waals surface area contributed by atoms with E-state index >= 15 is 0 Å². The van der Waals surface area contributed by atoms with Gasteiger partial charge in [0.25, 0.3) is 0 Å². The number of oxazole rings is 1. The summed E-state index contributed by atoms with van der Waals surface area (Å²) in [6, 6.07) is 7.57. The average molecular weight is 265 g/mol. The molecule has 0 fully saturated rings. The molecule has 0 amide bonds. The Balaban J connectivity index is 1.95. The molecule has 1 aromatic carbocycles. The SMILES string of the molecule is CCNCCCc1ncc(-c2ccc(Cl)cc2)o1. The first-order valence-corrected chi connectivity index (χ1v) is 6.58. The van der Waals surface area contributed by atoms with Crippen molar-refractivity contribution >= 4 is 11.6 Å². The van der Waals surface area contributed by atoms with Gasteiger partial charge in [-0.1, -0.05) is 18.5 Å². The van der Waals surface area contributed by atoms with Gasteiger partial charge in [0.2, 0.25) is 0 Å². The number of aromatic nitrogens is 1. The molecule has 0 saturated heterocycles. The van der Waals surface area contributed by atoms with Gasteiger partial charge in [-0.15, -0.1) is 0 Å². The van der Waals surface area contributed by atoms with Crippen LogP contribution in [0.5, 0.6) is 0 Å². The Labute approximate surface area is 112 Å². The zero-order valence-electron chi connectivity index (χ0n) is 10.4. The zero-order chi connectivity index (χ0) is 12.8. The summed E-state index contributed by atoms with van der Waals surface area (Å²) in [4.78, 5) is 4.29. The summed E-state index contributed by atoms with van der Waals surface area (Å²) in [6.45, 7) is 4.10. The minimum Gasteiger partial charge on any atom is -0.441 e. The molecule has 1 N–H and O–H groups in total. The van der Waals surface area contributed by atoms with Gasteiger partial charge in [0.15, 0.2) is 11.7 Å². The average Bonchev–Trinajstić information content (AvgIpc) is 2.84. The molecule has 0 aliphatic rings. The van der Waals surface area contributed by atoms with Crippen molar-refractivity contribution in [2.24, 2.45) is 0 Å². The van der Waals surface area contributed by atoms with E-state index in [4.69, 9.17) is 16.0 Å². The third-order valence-corrected chi connectivity index (χ3v) is 2.93. The molecule has 2 rings (SSSR count). The van der Waals surface area contributed by atoms with Crippen LogP contribution < -0.4 is 5.32 Å². The predicted molar refractivity (Wildman–Crippen MR) is 73.8 cm³/mol. The van der Waals surface area contributed by atoms with Crippen molar-refractivity contribution in [2.75, 3.05) is 13.1 Å². The summed E-state index contributed by atoms with van der Waals surface area (Å²) >= 11 is 5.85. The maximum Gasteiger partial charge on any atom is 0.194 e. The van der Waals surface area contributed by atoms with Crippen molar-refractivity contribution < 1.29 is 4.42 Å². The second-order valence-corrected chi connectivity index (χ2v) is 4.52. The predicted octanol–water partition coefficient (Wildman–Crippen LogP) is 3.54. The molecule has 0 aliphatic carbocycles. The van der Waals surface area contributed by atoms with Crippen molar-refractivity contribution in [3.05, 3.63) is 41.4 Å². The van der Waals surface area contributed by atoms with Crippen molar-refractivity contribution in [1.29, 1.82) is 0 Å². The number of hydrogen-bond acceptors (Lipinski definition) is 3. The first-order chi connectivity index (χ1) is 8.79. The number of nitrogens with zero attached hydrogens (tertiary/aromatic N) is 1. The number of halogens is 1. The normalized spacial score (nSPS) is 10.8. The Morgan fingerprint density at radius 3 is 2.78 bits per heavy atom. The summed E-state index contributed by atoms with van der Waals surface area (Å²) in [6.07, 6.45) is 3.67. The van der Waals surface area contributed by atoms with Crippen molar-refractivity contribution in [2.45, 2.75) is 19.8 Å². The standard InChI is InChI=1S/C14H17ClN2O/c1-2-16-9-3-4-14-17-10-13(18-14)11-5-7-12(15)8-6-11/h5-8,10,16H,2-4,9H2,1H3. The van der Waals surface area contributed by atoms with Crippen LogP contribution in [0.25, 0.3) is 11.3 Å². The Hall–Kier alpha value is -1.32. The number of nitrogens with one attached hydrogen (secondary N) is 1. The van der Waals surface area contributed by atoms with Crippen LogP contribution in [-0.4, -0.2) is 18.1 Å². The van der Waals surface area contributed by atoms with Crippen LogP contribution in [0.4, 0.5) is 0 Å². The molecule has 0 unspecified atom stereocenters. The Kier molecular flexibility index (Phi) is 4.79. The fraction of sp³-hybridized carbons (Fsp3) is 0.357. The lowest BCUT2D eigenvalue weighted by molar-refractivity contribution is 0.493. The highest BCUT2D eigenvalue weighted by Gasteiger charge is 2.05. The molecular weight excluding hydrogens is 248 g/mol. The van der Waals surface area contributed by atoms with Gasteiger partial charge in [-0.3, -0.25) is 0 Å².